The van der Waals surface area contributed by atoms with Crippen LogP contribution in [0.4, 0.5) is 10.3 Å². The number of carbonyl (C=O) groups is 1. The summed E-state index contributed by atoms with van der Waals surface area (Å²) in [5, 5.41) is 4.87. The number of hydrazine groups is 1. The second kappa shape index (κ2) is 5.79. The van der Waals surface area contributed by atoms with Crippen molar-refractivity contribution >= 4 is 59.3 Å². The first-order chi connectivity index (χ1) is 10.5. The number of benzene rings is 1. The number of amides is 1. The van der Waals surface area contributed by atoms with Crippen molar-refractivity contribution in [3.05, 3.63) is 12.1 Å². The Morgan fingerprint density at radius 2 is 1.77 bits per heavy atom. The van der Waals surface area contributed by atoms with Crippen molar-refractivity contribution in [1.82, 2.24) is 15.0 Å². The summed E-state index contributed by atoms with van der Waals surface area (Å²) in [5.74, 6) is -0.0352. The molecule has 2 aromatic heterocycles. The van der Waals surface area contributed by atoms with Gasteiger partial charge in [0.25, 0.3) is 0 Å². The number of rotatable bonds is 4. The molecule has 0 unspecified atom stereocenters. The Kier molecular flexibility index (Phi) is 3.98. The molecule has 1 aromatic carbocycles. The third kappa shape index (κ3) is 2.53. The first-order valence-corrected chi connectivity index (χ1v) is 8.69. The zero-order chi connectivity index (χ0) is 15.9. The molecule has 0 spiro atoms. The fourth-order valence-corrected chi connectivity index (χ4v) is 4.29. The van der Waals surface area contributed by atoms with Crippen molar-refractivity contribution in [2.24, 2.45) is 0 Å². The van der Waals surface area contributed by atoms with Crippen LogP contribution in [0.2, 0.25) is 0 Å². The van der Waals surface area contributed by atoms with Crippen LogP contribution in [0, 0.1) is 0 Å². The number of carbonyl (C=O) groups excluding carboxylic acids is 1. The quantitative estimate of drug-likeness (QED) is 0.742. The van der Waals surface area contributed by atoms with E-state index in [4.69, 9.17) is 5.73 Å². The minimum atomic E-state index is -0.0352. The second-order valence-corrected chi connectivity index (χ2v) is 6.88. The average molecular weight is 335 g/mol. The molecule has 22 heavy (non-hydrogen) atoms. The fraction of sp³-hybridized carbons (Fsp3) is 0.357. The van der Waals surface area contributed by atoms with Crippen molar-refractivity contribution in [3.63, 3.8) is 0 Å². The number of hydrogen-bond acceptors (Lipinski definition) is 7. The molecule has 2 heterocycles. The molecule has 0 saturated heterocycles. The Bertz CT molecular complexity index is 785. The Labute approximate surface area is 136 Å². The van der Waals surface area contributed by atoms with E-state index in [0.717, 1.165) is 33.5 Å². The van der Waals surface area contributed by atoms with E-state index in [2.05, 4.69) is 9.97 Å². The molecule has 1 amide bonds. The standard InChI is InChI=1S/C14H17N5OS2/c1-4-18(5-2)19(8(3)20)14-17-10-6-9-11(7-12(10)22-14)21-13(15)16-9/h6-7H,4-5H2,1-3H3,(H2,15,16). The number of nitrogens with zero attached hydrogens (tertiary/aromatic N) is 4. The number of nitrogens with two attached hydrogens (primary N) is 1. The largest absolute Gasteiger partial charge is 0.375 e. The molecule has 0 atom stereocenters. The Balaban J connectivity index is 2.11. The van der Waals surface area contributed by atoms with Gasteiger partial charge in [0, 0.05) is 20.0 Å². The molecular weight excluding hydrogens is 318 g/mol. The minimum Gasteiger partial charge on any atom is -0.375 e. The Morgan fingerprint density at radius 1 is 1.14 bits per heavy atom. The van der Waals surface area contributed by atoms with Crippen molar-refractivity contribution in [3.8, 4) is 0 Å². The van der Waals surface area contributed by atoms with Gasteiger partial charge in [0.1, 0.15) is 0 Å². The highest BCUT2D eigenvalue weighted by Crippen LogP contribution is 2.34. The predicted octanol–water partition coefficient (Wildman–Crippen LogP) is 3.10. The predicted molar refractivity (Wildman–Crippen MR) is 93.3 cm³/mol. The topological polar surface area (TPSA) is 75.3 Å². The van der Waals surface area contributed by atoms with Crippen LogP contribution in [0.5, 0.6) is 0 Å². The van der Waals surface area contributed by atoms with E-state index in [-0.39, 0.29) is 5.91 Å². The molecule has 3 aromatic rings. The van der Waals surface area contributed by atoms with Gasteiger partial charge in [-0.3, -0.25) is 4.79 Å². The maximum Gasteiger partial charge on any atom is 0.240 e. The minimum absolute atomic E-state index is 0.0352. The van der Waals surface area contributed by atoms with Crippen LogP contribution in [-0.2, 0) is 4.79 Å². The van der Waals surface area contributed by atoms with Gasteiger partial charge in [0.15, 0.2) is 5.13 Å². The van der Waals surface area contributed by atoms with E-state index >= 15 is 0 Å². The average Bonchev–Trinajstić information content (AvgIpc) is 3.01. The molecule has 0 bridgehead atoms. The number of hydrogen-bond donors (Lipinski definition) is 1. The van der Waals surface area contributed by atoms with Crippen molar-refractivity contribution in [2.75, 3.05) is 23.8 Å². The molecule has 0 aliphatic rings. The summed E-state index contributed by atoms with van der Waals surface area (Å²) in [6.45, 7) is 7.11. The van der Waals surface area contributed by atoms with Gasteiger partial charge < -0.3 is 5.73 Å². The van der Waals surface area contributed by atoms with Crippen molar-refractivity contribution < 1.29 is 4.79 Å². The molecular formula is C14H17N5OS2. The summed E-state index contributed by atoms with van der Waals surface area (Å²) in [5.41, 5.74) is 7.44. The van der Waals surface area contributed by atoms with Crippen LogP contribution in [0.1, 0.15) is 20.8 Å². The normalized spacial score (nSPS) is 11.6. The lowest BCUT2D eigenvalue weighted by atomic mass is 10.3. The molecule has 6 nitrogen and oxygen atoms in total. The number of aromatic nitrogens is 2. The molecule has 116 valence electrons. The number of anilines is 2. The van der Waals surface area contributed by atoms with Crippen LogP contribution >= 0.6 is 22.7 Å². The SMILES string of the molecule is CCN(CC)N(C(C)=O)c1nc2cc3nc(N)sc3cc2s1. The summed E-state index contributed by atoms with van der Waals surface area (Å²) in [7, 11) is 0. The number of fused-ring (bicyclic) bond motifs is 2. The van der Waals surface area contributed by atoms with Crippen LogP contribution in [0.3, 0.4) is 0 Å². The van der Waals surface area contributed by atoms with Crippen LogP contribution in [-0.4, -0.2) is 34.0 Å². The highest BCUT2D eigenvalue weighted by molar-refractivity contribution is 7.24. The molecule has 3 rings (SSSR count). The third-order valence-corrected chi connectivity index (χ3v) is 5.24. The smallest absolute Gasteiger partial charge is 0.240 e. The molecule has 0 saturated carbocycles. The van der Waals surface area contributed by atoms with Gasteiger partial charge >= 0.3 is 0 Å². The highest BCUT2D eigenvalue weighted by Gasteiger charge is 2.22. The summed E-state index contributed by atoms with van der Waals surface area (Å²) < 4.78 is 2.07. The fourth-order valence-electron chi connectivity index (χ4n) is 2.41. The van der Waals surface area contributed by atoms with Gasteiger partial charge in [-0.1, -0.05) is 36.5 Å². The van der Waals surface area contributed by atoms with E-state index in [0.29, 0.717) is 10.3 Å². The van der Waals surface area contributed by atoms with E-state index < -0.39 is 0 Å². The lowest BCUT2D eigenvalue weighted by Crippen LogP contribution is -2.45. The summed E-state index contributed by atoms with van der Waals surface area (Å²) in [6, 6.07) is 3.97. The molecule has 0 aliphatic heterocycles. The molecule has 0 fully saturated rings. The van der Waals surface area contributed by atoms with E-state index in [9.17, 15) is 4.79 Å². The monoisotopic (exact) mass is 335 g/mol. The number of nitrogen functional groups attached to an aromatic ring is 1. The van der Waals surface area contributed by atoms with Crippen LogP contribution in [0.15, 0.2) is 12.1 Å². The maximum absolute atomic E-state index is 12.0. The first-order valence-electron chi connectivity index (χ1n) is 7.05. The zero-order valence-electron chi connectivity index (χ0n) is 12.7. The van der Waals surface area contributed by atoms with Gasteiger partial charge in [-0.05, 0) is 12.1 Å². The summed E-state index contributed by atoms with van der Waals surface area (Å²) in [6.07, 6.45) is 0. The lowest BCUT2D eigenvalue weighted by molar-refractivity contribution is -0.119. The molecule has 0 radical (unpaired) electrons. The Hall–Kier alpha value is -1.77. The third-order valence-electron chi connectivity index (χ3n) is 3.40. The summed E-state index contributed by atoms with van der Waals surface area (Å²) in [4.78, 5) is 20.9. The molecule has 2 N–H and O–H groups in total. The van der Waals surface area contributed by atoms with Crippen LogP contribution in [0.25, 0.3) is 20.4 Å². The van der Waals surface area contributed by atoms with E-state index in [1.54, 1.807) is 11.9 Å². The van der Waals surface area contributed by atoms with Gasteiger partial charge in [-0.15, -0.1) is 0 Å². The Morgan fingerprint density at radius 3 is 2.41 bits per heavy atom. The zero-order valence-corrected chi connectivity index (χ0v) is 14.3. The van der Waals surface area contributed by atoms with E-state index in [1.807, 2.05) is 31.0 Å². The second-order valence-electron chi connectivity index (χ2n) is 4.81. The van der Waals surface area contributed by atoms with E-state index in [1.165, 1.54) is 22.7 Å². The first kappa shape index (κ1) is 15.1. The highest BCUT2D eigenvalue weighted by atomic mass is 32.1. The van der Waals surface area contributed by atoms with Crippen LogP contribution < -0.4 is 10.7 Å². The van der Waals surface area contributed by atoms with Crippen molar-refractivity contribution in [2.45, 2.75) is 20.8 Å². The number of thiazole rings is 2. The van der Waals surface area contributed by atoms with Gasteiger partial charge in [-0.2, -0.15) is 0 Å². The molecule has 0 aliphatic carbocycles. The van der Waals surface area contributed by atoms with Crippen molar-refractivity contribution in [1.29, 1.82) is 0 Å². The van der Waals surface area contributed by atoms with Gasteiger partial charge in [0.05, 0.1) is 20.4 Å². The maximum atomic E-state index is 12.0. The van der Waals surface area contributed by atoms with Gasteiger partial charge in [0.2, 0.25) is 11.0 Å². The summed E-state index contributed by atoms with van der Waals surface area (Å²) >= 11 is 2.97. The van der Waals surface area contributed by atoms with Gasteiger partial charge in [-0.25, -0.2) is 20.0 Å². The molecule has 8 heteroatoms. The lowest BCUT2D eigenvalue weighted by Gasteiger charge is -2.30.